The van der Waals surface area contributed by atoms with Crippen molar-refractivity contribution in [3.8, 4) is 0 Å². The van der Waals surface area contributed by atoms with Crippen LogP contribution in [-0.4, -0.2) is 26.7 Å². The van der Waals surface area contributed by atoms with Crippen molar-refractivity contribution in [1.82, 2.24) is 14.8 Å². The Hall–Kier alpha value is -2.81. The van der Waals surface area contributed by atoms with Crippen LogP contribution in [0.4, 0.5) is 18.9 Å². The highest BCUT2D eigenvalue weighted by atomic mass is 35.5. The van der Waals surface area contributed by atoms with E-state index < -0.39 is 17.8 Å². The standard InChI is InChI=1S/C24H27ClF3N5O/c1-23(2,3)20-12-19(22(29)34)33(32-20)15-7-5-14(6-8-15)30-18-11-21(24(26,27)28)31-17-9-4-13(25)10-16(17)18/h4,9-12,14-15H,5-8H2,1-3H3,(H2,29,34)(H,30,31). The number of nitrogens with one attached hydrogen (secondary N) is 1. The molecule has 6 nitrogen and oxygen atoms in total. The average Bonchev–Trinajstić information content (AvgIpc) is 3.20. The van der Waals surface area contributed by atoms with Gasteiger partial charge in [-0.25, -0.2) is 4.98 Å². The lowest BCUT2D eigenvalue weighted by atomic mass is 9.90. The van der Waals surface area contributed by atoms with E-state index in [1.165, 1.54) is 12.1 Å². The molecule has 1 saturated carbocycles. The first-order chi connectivity index (χ1) is 15.8. The van der Waals surface area contributed by atoms with E-state index in [4.69, 9.17) is 17.3 Å². The molecule has 3 aromatic rings. The van der Waals surface area contributed by atoms with E-state index >= 15 is 0 Å². The number of halogens is 4. The average molecular weight is 494 g/mol. The smallest absolute Gasteiger partial charge is 0.382 e. The number of alkyl halides is 3. The summed E-state index contributed by atoms with van der Waals surface area (Å²) in [5.41, 5.74) is 6.18. The molecule has 2 heterocycles. The minimum absolute atomic E-state index is 0.00832. The van der Waals surface area contributed by atoms with Gasteiger partial charge in [0.1, 0.15) is 11.4 Å². The van der Waals surface area contributed by atoms with Gasteiger partial charge in [0.05, 0.1) is 17.3 Å². The summed E-state index contributed by atoms with van der Waals surface area (Å²) in [5, 5.41) is 8.92. The largest absolute Gasteiger partial charge is 0.433 e. The summed E-state index contributed by atoms with van der Waals surface area (Å²) >= 11 is 6.10. The Bertz CT molecular complexity index is 1220. The maximum absolute atomic E-state index is 13.4. The van der Waals surface area contributed by atoms with Gasteiger partial charge >= 0.3 is 6.18 Å². The number of amides is 1. The third kappa shape index (κ3) is 4.99. The lowest BCUT2D eigenvalue weighted by Gasteiger charge is -2.31. The van der Waals surface area contributed by atoms with Crippen LogP contribution in [0.2, 0.25) is 5.02 Å². The van der Waals surface area contributed by atoms with Gasteiger partial charge in [0, 0.05) is 27.6 Å². The number of nitrogens with zero attached hydrogens (tertiary/aromatic N) is 3. The summed E-state index contributed by atoms with van der Waals surface area (Å²) in [7, 11) is 0. The second-order valence-corrected chi connectivity index (χ2v) is 10.3. The van der Waals surface area contributed by atoms with Crippen molar-refractivity contribution >= 4 is 34.1 Å². The van der Waals surface area contributed by atoms with Crippen LogP contribution in [0, 0.1) is 0 Å². The van der Waals surface area contributed by atoms with Gasteiger partial charge in [0.15, 0.2) is 0 Å². The van der Waals surface area contributed by atoms with E-state index in [0.29, 0.717) is 47.5 Å². The Morgan fingerprint density at radius 2 is 1.76 bits per heavy atom. The van der Waals surface area contributed by atoms with E-state index in [1.807, 2.05) is 20.8 Å². The van der Waals surface area contributed by atoms with Crippen LogP contribution in [0.5, 0.6) is 0 Å². The number of rotatable bonds is 4. The lowest BCUT2D eigenvalue weighted by molar-refractivity contribution is -0.140. The zero-order valence-corrected chi connectivity index (χ0v) is 20.0. The summed E-state index contributed by atoms with van der Waals surface area (Å²) in [4.78, 5) is 15.8. The summed E-state index contributed by atoms with van der Waals surface area (Å²) in [6.45, 7) is 6.06. The minimum atomic E-state index is -4.56. The van der Waals surface area contributed by atoms with Crippen molar-refractivity contribution < 1.29 is 18.0 Å². The zero-order chi connectivity index (χ0) is 24.8. The molecule has 1 amide bonds. The molecule has 4 rings (SSSR count). The van der Waals surface area contributed by atoms with Gasteiger partial charge in [-0.05, 0) is 56.0 Å². The SMILES string of the molecule is CC(C)(C)c1cc(C(N)=O)n(C2CCC(Nc3cc(C(F)(F)F)nc4ccc(Cl)cc34)CC2)n1. The topological polar surface area (TPSA) is 85.8 Å². The number of benzene rings is 1. The number of fused-ring (bicyclic) bond motifs is 1. The fourth-order valence-electron chi connectivity index (χ4n) is 4.37. The number of primary amides is 1. The van der Waals surface area contributed by atoms with E-state index in [2.05, 4.69) is 15.4 Å². The Kier molecular flexibility index (Phi) is 6.27. The van der Waals surface area contributed by atoms with Gasteiger partial charge in [-0.15, -0.1) is 0 Å². The van der Waals surface area contributed by atoms with Crippen LogP contribution >= 0.6 is 11.6 Å². The Morgan fingerprint density at radius 3 is 2.35 bits per heavy atom. The van der Waals surface area contributed by atoms with Crippen LogP contribution in [0.1, 0.15) is 74.4 Å². The number of anilines is 1. The quantitative estimate of drug-likeness (QED) is 0.460. The molecule has 182 valence electrons. The summed E-state index contributed by atoms with van der Waals surface area (Å²) < 4.78 is 42.0. The number of carbonyl (C=O) groups excluding carboxylic acids is 1. The maximum atomic E-state index is 13.4. The van der Waals surface area contributed by atoms with Crippen molar-refractivity contribution in [2.45, 2.75) is 70.1 Å². The highest BCUT2D eigenvalue weighted by molar-refractivity contribution is 6.31. The molecule has 0 aliphatic heterocycles. The molecule has 1 fully saturated rings. The van der Waals surface area contributed by atoms with Crippen LogP contribution in [-0.2, 0) is 11.6 Å². The van der Waals surface area contributed by atoms with Gasteiger partial charge in [-0.1, -0.05) is 32.4 Å². The molecule has 10 heteroatoms. The lowest BCUT2D eigenvalue weighted by Crippen LogP contribution is -2.30. The minimum Gasteiger partial charge on any atom is -0.382 e. The molecule has 0 atom stereocenters. The fraction of sp³-hybridized carbons (Fsp3) is 0.458. The first-order valence-corrected chi connectivity index (χ1v) is 11.5. The summed E-state index contributed by atoms with van der Waals surface area (Å²) in [6.07, 6.45) is -1.76. The molecular formula is C24H27ClF3N5O. The Labute approximate surface area is 200 Å². The molecule has 1 aromatic carbocycles. The van der Waals surface area contributed by atoms with Gasteiger partial charge < -0.3 is 11.1 Å². The number of nitrogens with two attached hydrogens (primary N) is 1. The zero-order valence-electron chi connectivity index (χ0n) is 19.2. The number of aromatic nitrogens is 3. The number of pyridine rings is 1. The van der Waals surface area contributed by atoms with Gasteiger partial charge in [-0.2, -0.15) is 18.3 Å². The first kappa shape index (κ1) is 24.3. The number of hydrogen-bond donors (Lipinski definition) is 2. The summed E-state index contributed by atoms with van der Waals surface area (Å²) in [5.74, 6) is -0.525. The van der Waals surface area contributed by atoms with Crippen molar-refractivity contribution in [2.75, 3.05) is 5.32 Å². The van der Waals surface area contributed by atoms with Crippen molar-refractivity contribution in [3.63, 3.8) is 0 Å². The molecule has 0 bridgehead atoms. The molecule has 0 saturated heterocycles. The van der Waals surface area contributed by atoms with Crippen LogP contribution in [0.25, 0.3) is 10.9 Å². The second kappa shape index (κ2) is 8.76. The van der Waals surface area contributed by atoms with Crippen LogP contribution < -0.4 is 11.1 Å². The molecule has 3 N–H and O–H groups in total. The van der Waals surface area contributed by atoms with E-state index in [9.17, 15) is 18.0 Å². The van der Waals surface area contributed by atoms with Crippen LogP contribution in [0.15, 0.2) is 30.3 Å². The molecule has 0 radical (unpaired) electrons. The van der Waals surface area contributed by atoms with E-state index in [-0.39, 0.29) is 23.0 Å². The van der Waals surface area contributed by atoms with Crippen molar-refractivity contribution in [1.29, 1.82) is 0 Å². The Balaban J connectivity index is 1.56. The number of carbonyl (C=O) groups is 1. The third-order valence-corrected chi connectivity index (χ3v) is 6.46. The van der Waals surface area contributed by atoms with Crippen LogP contribution in [0.3, 0.4) is 0 Å². The molecule has 0 spiro atoms. The van der Waals surface area contributed by atoms with E-state index in [0.717, 1.165) is 11.8 Å². The molecule has 1 aliphatic carbocycles. The number of hydrogen-bond acceptors (Lipinski definition) is 4. The molecule has 1 aliphatic rings. The molecule has 34 heavy (non-hydrogen) atoms. The maximum Gasteiger partial charge on any atom is 0.433 e. The monoisotopic (exact) mass is 493 g/mol. The van der Waals surface area contributed by atoms with Crippen molar-refractivity contribution in [3.05, 3.63) is 52.4 Å². The Morgan fingerprint density at radius 1 is 1.09 bits per heavy atom. The fourth-order valence-corrected chi connectivity index (χ4v) is 4.54. The van der Waals surface area contributed by atoms with Gasteiger partial charge in [0.2, 0.25) is 0 Å². The second-order valence-electron chi connectivity index (χ2n) is 9.84. The predicted octanol–water partition coefficient (Wildman–Crippen LogP) is 6.10. The van der Waals surface area contributed by atoms with Gasteiger partial charge in [0.25, 0.3) is 5.91 Å². The van der Waals surface area contributed by atoms with Crippen molar-refractivity contribution in [2.24, 2.45) is 5.73 Å². The molecule has 2 aromatic heterocycles. The normalized spacial score (nSPS) is 19.4. The molecular weight excluding hydrogens is 467 g/mol. The third-order valence-electron chi connectivity index (χ3n) is 6.22. The summed E-state index contributed by atoms with van der Waals surface area (Å²) in [6, 6.07) is 7.37. The molecule has 0 unspecified atom stereocenters. The predicted molar refractivity (Wildman–Crippen MR) is 126 cm³/mol. The highest BCUT2D eigenvalue weighted by Crippen LogP contribution is 2.37. The highest BCUT2D eigenvalue weighted by Gasteiger charge is 2.34. The van der Waals surface area contributed by atoms with E-state index in [1.54, 1.807) is 16.8 Å². The van der Waals surface area contributed by atoms with Gasteiger partial charge in [-0.3, -0.25) is 9.48 Å². The first-order valence-electron chi connectivity index (χ1n) is 11.2.